The molecule has 3 heterocycles. The number of hydrogen-bond acceptors (Lipinski definition) is 5. The fraction of sp³-hybridized carbons (Fsp3) is 0.471. The highest BCUT2D eigenvalue weighted by molar-refractivity contribution is 7.24. The summed E-state index contributed by atoms with van der Waals surface area (Å²) in [7, 11) is 0. The topological polar surface area (TPSA) is 70.5 Å². The van der Waals surface area contributed by atoms with E-state index < -0.39 is 5.97 Å². The van der Waals surface area contributed by atoms with Crippen LogP contribution in [0.1, 0.15) is 47.5 Å². The molecule has 5 nitrogen and oxygen atoms in total. The van der Waals surface area contributed by atoms with Gasteiger partial charge in [-0.15, -0.1) is 22.7 Å². The van der Waals surface area contributed by atoms with E-state index >= 15 is 0 Å². The molecule has 25 heavy (non-hydrogen) atoms. The molecular weight excluding hydrogens is 380 g/mol. The Morgan fingerprint density at radius 1 is 1.36 bits per heavy atom. The van der Waals surface area contributed by atoms with E-state index in [0.29, 0.717) is 22.2 Å². The highest BCUT2D eigenvalue weighted by Gasteiger charge is 2.30. The number of likely N-dealkylation sites (tertiary alicyclic amines) is 1. The average molecular weight is 399 g/mol. The monoisotopic (exact) mass is 398 g/mol. The van der Waals surface area contributed by atoms with Crippen molar-refractivity contribution in [1.82, 2.24) is 9.88 Å². The van der Waals surface area contributed by atoms with Gasteiger partial charge in [0.25, 0.3) is 5.91 Å². The third-order valence-corrected chi connectivity index (χ3v) is 6.90. The minimum absolute atomic E-state index is 0.00141. The molecule has 1 amide bonds. The first kappa shape index (κ1) is 18.4. The molecule has 1 N–H and O–H groups in total. The maximum absolute atomic E-state index is 13.1. The predicted octanol–water partition coefficient (Wildman–Crippen LogP) is 4.69. The van der Waals surface area contributed by atoms with Gasteiger partial charge in [0.2, 0.25) is 0 Å². The van der Waals surface area contributed by atoms with Crippen LogP contribution in [0.2, 0.25) is 4.34 Å². The van der Waals surface area contributed by atoms with Crippen molar-refractivity contribution in [3.8, 4) is 9.88 Å². The number of carboxylic acid groups (broad SMARTS) is 1. The zero-order valence-corrected chi connectivity index (χ0v) is 16.2. The number of amides is 1. The number of nitrogens with zero attached hydrogens (tertiary/aromatic N) is 2. The number of aryl methyl sites for hydroxylation is 1. The van der Waals surface area contributed by atoms with E-state index in [9.17, 15) is 9.59 Å². The number of thiazole rings is 1. The van der Waals surface area contributed by atoms with Crippen LogP contribution >= 0.6 is 34.3 Å². The summed E-state index contributed by atoms with van der Waals surface area (Å²) in [5, 5.41) is 9.74. The van der Waals surface area contributed by atoms with Crippen molar-refractivity contribution < 1.29 is 14.7 Å². The van der Waals surface area contributed by atoms with E-state index in [1.165, 1.54) is 22.7 Å². The summed E-state index contributed by atoms with van der Waals surface area (Å²) in [6.07, 6.45) is 3.46. The molecule has 1 fully saturated rings. The highest BCUT2D eigenvalue weighted by atomic mass is 35.5. The van der Waals surface area contributed by atoms with Gasteiger partial charge in [-0.05, 0) is 44.7 Å². The molecule has 1 aliphatic rings. The Kier molecular flexibility index (Phi) is 5.76. The molecule has 0 aliphatic carbocycles. The van der Waals surface area contributed by atoms with Crippen molar-refractivity contribution in [3.63, 3.8) is 0 Å². The molecule has 0 spiro atoms. The molecule has 1 aliphatic heterocycles. The fourth-order valence-electron chi connectivity index (χ4n) is 3.12. The summed E-state index contributed by atoms with van der Waals surface area (Å²) in [4.78, 5) is 31.9. The number of thiophene rings is 1. The van der Waals surface area contributed by atoms with E-state index in [-0.39, 0.29) is 18.4 Å². The van der Waals surface area contributed by atoms with Gasteiger partial charge in [-0.3, -0.25) is 9.59 Å². The molecule has 2 aromatic heterocycles. The lowest BCUT2D eigenvalue weighted by Gasteiger charge is -2.35. The summed E-state index contributed by atoms with van der Waals surface area (Å²) in [6.45, 7) is 2.53. The smallest absolute Gasteiger partial charge is 0.303 e. The molecule has 8 heteroatoms. The second-order valence-electron chi connectivity index (χ2n) is 6.12. The van der Waals surface area contributed by atoms with Gasteiger partial charge in [-0.2, -0.15) is 0 Å². The van der Waals surface area contributed by atoms with Crippen molar-refractivity contribution in [2.45, 2.75) is 45.1 Å². The molecule has 2 aromatic rings. The van der Waals surface area contributed by atoms with Crippen LogP contribution in [0.25, 0.3) is 9.88 Å². The Morgan fingerprint density at radius 2 is 2.16 bits per heavy atom. The van der Waals surface area contributed by atoms with Crippen LogP contribution in [-0.2, 0) is 4.79 Å². The van der Waals surface area contributed by atoms with E-state index in [0.717, 1.165) is 34.8 Å². The number of halogens is 1. The summed E-state index contributed by atoms with van der Waals surface area (Å²) < 4.78 is 0.695. The zero-order chi connectivity index (χ0) is 18.0. The lowest BCUT2D eigenvalue weighted by atomic mass is 9.97. The van der Waals surface area contributed by atoms with Crippen molar-refractivity contribution in [3.05, 3.63) is 27.0 Å². The Balaban J connectivity index is 1.81. The van der Waals surface area contributed by atoms with Gasteiger partial charge in [0.1, 0.15) is 9.88 Å². The quantitative estimate of drug-likeness (QED) is 0.792. The zero-order valence-electron chi connectivity index (χ0n) is 13.8. The third kappa shape index (κ3) is 4.22. The number of piperidine rings is 1. The molecule has 1 unspecified atom stereocenters. The summed E-state index contributed by atoms with van der Waals surface area (Å²) in [5.41, 5.74) is 0.720. The second-order valence-corrected chi connectivity index (χ2v) is 8.83. The largest absolute Gasteiger partial charge is 0.481 e. The van der Waals surface area contributed by atoms with Gasteiger partial charge in [0.05, 0.1) is 14.9 Å². The van der Waals surface area contributed by atoms with Crippen molar-refractivity contribution in [2.24, 2.45) is 0 Å². The lowest BCUT2D eigenvalue weighted by molar-refractivity contribution is -0.137. The number of carbonyl (C=O) groups excluding carboxylic acids is 1. The number of carboxylic acids is 1. The lowest BCUT2D eigenvalue weighted by Crippen LogP contribution is -2.43. The van der Waals surface area contributed by atoms with Crippen molar-refractivity contribution in [2.75, 3.05) is 6.54 Å². The Bertz CT molecular complexity index is 787. The van der Waals surface area contributed by atoms with Gasteiger partial charge in [-0.1, -0.05) is 11.6 Å². The first-order valence-corrected chi connectivity index (χ1v) is 10.2. The Morgan fingerprint density at radius 3 is 2.84 bits per heavy atom. The first-order chi connectivity index (χ1) is 12.0. The molecule has 134 valence electrons. The van der Waals surface area contributed by atoms with Crippen LogP contribution in [0, 0.1) is 6.92 Å². The number of hydrogen-bond donors (Lipinski definition) is 1. The maximum atomic E-state index is 13.1. The number of aromatic nitrogens is 1. The number of carbonyl (C=O) groups is 2. The summed E-state index contributed by atoms with van der Waals surface area (Å²) in [5.74, 6) is -0.845. The fourth-order valence-corrected chi connectivity index (χ4v) is 5.24. The van der Waals surface area contributed by atoms with Gasteiger partial charge in [0, 0.05) is 19.0 Å². The standard InChI is InChI=1S/C17H19ClN2O3S2/c1-10-15(25-16(19-10)12-6-7-13(18)24-12)17(23)20-9-3-2-4-11(20)5-8-14(21)22/h6-7,11H,2-5,8-9H2,1H3,(H,21,22). The molecule has 1 saturated heterocycles. The molecule has 0 saturated carbocycles. The predicted molar refractivity (Wildman–Crippen MR) is 101 cm³/mol. The van der Waals surface area contributed by atoms with Crippen LogP contribution in [-0.4, -0.2) is 39.5 Å². The second kappa shape index (κ2) is 7.85. The van der Waals surface area contributed by atoms with Crippen LogP contribution < -0.4 is 0 Å². The summed E-state index contributed by atoms with van der Waals surface area (Å²) >= 11 is 8.83. The van der Waals surface area contributed by atoms with E-state index in [1.807, 2.05) is 24.0 Å². The van der Waals surface area contributed by atoms with Gasteiger partial charge in [0.15, 0.2) is 0 Å². The van der Waals surface area contributed by atoms with Crippen LogP contribution in [0.4, 0.5) is 0 Å². The van der Waals surface area contributed by atoms with Crippen LogP contribution in [0.3, 0.4) is 0 Å². The minimum Gasteiger partial charge on any atom is -0.481 e. The normalized spacial score (nSPS) is 17.7. The minimum atomic E-state index is -0.816. The van der Waals surface area contributed by atoms with E-state index in [4.69, 9.17) is 16.7 Å². The van der Waals surface area contributed by atoms with Gasteiger partial charge in [-0.25, -0.2) is 4.98 Å². The maximum Gasteiger partial charge on any atom is 0.303 e. The molecular formula is C17H19ClN2O3S2. The SMILES string of the molecule is Cc1nc(-c2ccc(Cl)s2)sc1C(=O)N1CCCCC1CCC(=O)O. The van der Waals surface area contributed by atoms with Crippen LogP contribution in [0.5, 0.6) is 0 Å². The van der Waals surface area contributed by atoms with Crippen molar-refractivity contribution in [1.29, 1.82) is 0 Å². The van der Waals surface area contributed by atoms with E-state index in [2.05, 4.69) is 4.98 Å². The molecule has 0 aromatic carbocycles. The molecule has 1 atom stereocenters. The summed E-state index contributed by atoms with van der Waals surface area (Å²) in [6, 6.07) is 3.74. The molecule has 0 radical (unpaired) electrons. The van der Waals surface area contributed by atoms with Gasteiger partial charge < -0.3 is 10.0 Å². The Hall–Kier alpha value is -1.44. The Labute approximate surface area is 159 Å². The third-order valence-electron chi connectivity index (χ3n) is 4.35. The number of rotatable bonds is 5. The molecule has 3 rings (SSSR count). The van der Waals surface area contributed by atoms with Gasteiger partial charge >= 0.3 is 5.97 Å². The van der Waals surface area contributed by atoms with Crippen molar-refractivity contribution >= 4 is 46.2 Å². The van der Waals surface area contributed by atoms with E-state index in [1.54, 1.807) is 0 Å². The highest BCUT2D eigenvalue weighted by Crippen LogP contribution is 2.36. The number of aliphatic carboxylic acids is 1. The van der Waals surface area contributed by atoms with Crippen LogP contribution in [0.15, 0.2) is 12.1 Å². The average Bonchev–Trinajstić information content (AvgIpc) is 3.18. The first-order valence-electron chi connectivity index (χ1n) is 8.21. The molecule has 0 bridgehead atoms.